The fourth-order valence-corrected chi connectivity index (χ4v) is 0.719. The molecule has 0 aliphatic carbocycles. The highest BCUT2D eigenvalue weighted by Crippen LogP contribution is 2.02. The SMILES string of the molecule is CN=CC=C(NC)C(C)C. The van der Waals surface area contributed by atoms with Gasteiger partial charge in [-0.05, 0) is 12.0 Å². The van der Waals surface area contributed by atoms with Crippen molar-refractivity contribution in [2.75, 3.05) is 14.1 Å². The molecule has 0 aliphatic heterocycles. The molecule has 2 nitrogen and oxygen atoms in total. The van der Waals surface area contributed by atoms with Crippen molar-refractivity contribution in [2.24, 2.45) is 10.9 Å². The normalized spacial score (nSPS) is 13.1. The van der Waals surface area contributed by atoms with E-state index < -0.39 is 0 Å². The molecule has 58 valence electrons. The van der Waals surface area contributed by atoms with Crippen LogP contribution in [0.2, 0.25) is 0 Å². The molecule has 0 heterocycles. The number of allylic oxidation sites excluding steroid dienone is 2. The van der Waals surface area contributed by atoms with Gasteiger partial charge in [0.15, 0.2) is 0 Å². The second kappa shape index (κ2) is 5.03. The van der Waals surface area contributed by atoms with Crippen LogP contribution in [0.25, 0.3) is 0 Å². The van der Waals surface area contributed by atoms with E-state index >= 15 is 0 Å². The van der Waals surface area contributed by atoms with Gasteiger partial charge < -0.3 is 5.32 Å². The van der Waals surface area contributed by atoms with E-state index in [9.17, 15) is 0 Å². The Morgan fingerprint density at radius 3 is 2.40 bits per heavy atom. The largest absolute Gasteiger partial charge is 0.391 e. The molecule has 0 spiro atoms. The molecule has 0 aliphatic rings. The van der Waals surface area contributed by atoms with Crippen LogP contribution in [0.3, 0.4) is 0 Å². The van der Waals surface area contributed by atoms with Crippen molar-refractivity contribution in [1.82, 2.24) is 5.32 Å². The Bertz CT molecular complexity index is 134. The molecule has 0 aromatic rings. The number of aliphatic imine (C=N–C) groups is 1. The maximum absolute atomic E-state index is 3.86. The molecule has 0 bridgehead atoms. The Balaban J connectivity index is 4.04. The molecule has 0 atom stereocenters. The van der Waals surface area contributed by atoms with Crippen LogP contribution in [0, 0.1) is 5.92 Å². The van der Waals surface area contributed by atoms with Crippen LogP contribution in [0.4, 0.5) is 0 Å². The third-order valence-electron chi connectivity index (χ3n) is 1.31. The molecule has 0 saturated heterocycles. The highest BCUT2D eigenvalue weighted by atomic mass is 14.8. The summed E-state index contributed by atoms with van der Waals surface area (Å²) >= 11 is 0. The molecule has 0 unspecified atom stereocenters. The van der Waals surface area contributed by atoms with Crippen LogP contribution in [-0.2, 0) is 0 Å². The summed E-state index contributed by atoms with van der Waals surface area (Å²) < 4.78 is 0. The van der Waals surface area contributed by atoms with Crippen LogP contribution >= 0.6 is 0 Å². The van der Waals surface area contributed by atoms with Crippen LogP contribution in [0.5, 0.6) is 0 Å². The summed E-state index contributed by atoms with van der Waals surface area (Å²) in [5, 5.41) is 3.11. The fourth-order valence-electron chi connectivity index (χ4n) is 0.719. The first-order valence-electron chi connectivity index (χ1n) is 3.52. The molecule has 0 saturated carbocycles. The summed E-state index contributed by atoms with van der Waals surface area (Å²) in [5.74, 6) is 0.544. The molecule has 0 rings (SSSR count). The van der Waals surface area contributed by atoms with Gasteiger partial charge in [-0.2, -0.15) is 0 Å². The average Bonchev–Trinajstić information content (AvgIpc) is 1.89. The summed E-state index contributed by atoms with van der Waals surface area (Å²) in [6.07, 6.45) is 3.79. The predicted molar refractivity (Wildman–Crippen MR) is 46.4 cm³/mol. The first-order chi connectivity index (χ1) is 4.72. The lowest BCUT2D eigenvalue weighted by molar-refractivity contribution is 0.701. The lowest BCUT2D eigenvalue weighted by Gasteiger charge is -2.08. The highest BCUT2D eigenvalue weighted by molar-refractivity contribution is 5.71. The molecule has 0 radical (unpaired) electrons. The second-order valence-electron chi connectivity index (χ2n) is 2.43. The summed E-state index contributed by atoms with van der Waals surface area (Å²) in [4.78, 5) is 3.86. The Kier molecular flexibility index (Phi) is 4.63. The molecule has 1 N–H and O–H groups in total. The number of nitrogens with one attached hydrogen (secondary N) is 1. The Morgan fingerprint density at radius 1 is 1.50 bits per heavy atom. The van der Waals surface area contributed by atoms with Crippen molar-refractivity contribution in [3.63, 3.8) is 0 Å². The standard InChI is InChI=1S/C8H16N2/c1-7(2)8(10-4)5-6-9-3/h5-7,10H,1-4H3. The van der Waals surface area contributed by atoms with Crippen molar-refractivity contribution >= 4 is 6.21 Å². The van der Waals surface area contributed by atoms with Crippen LogP contribution in [0.1, 0.15) is 13.8 Å². The van der Waals surface area contributed by atoms with E-state index in [2.05, 4.69) is 24.2 Å². The zero-order valence-corrected chi connectivity index (χ0v) is 7.18. The lowest BCUT2D eigenvalue weighted by atomic mass is 10.1. The predicted octanol–water partition coefficient (Wildman–Crippen LogP) is 1.45. The van der Waals surface area contributed by atoms with Gasteiger partial charge in [0.2, 0.25) is 0 Å². The Hall–Kier alpha value is -0.790. The number of hydrogen-bond acceptors (Lipinski definition) is 2. The van der Waals surface area contributed by atoms with Gasteiger partial charge in [-0.15, -0.1) is 0 Å². The number of hydrogen-bond donors (Lipinski definition) is 1. The van der Waals surface area contributed by atoms with Crippen molar-refractivity contribution in [1.29, 1.82) is 0 Å². The van der Waals surface area contributed by atoms with Crippen LogP contribution in [0.15, 0.2) is 16.8 Å². The van der Waals surface area contributed by atoms with E-state index in [-0.39, 0.29) is 0 Å². The monoisotopic (exact) mass is 140 g/mol. The van der Waals surface area contributed by atoms with Crippen molar-refractivity contribution < 1.29 is 0 Å². The maximum atomic E-state index is 3.86. The van der Waals surface area contributed by atoms with Gasteiger partial charge in [-0.3, -0.25) is 4.99 Å². The third-order valence-corrected chi connectivity index (χ3v) is 1.31. The molecular weight excluding hydrogens is 124 g/mol. The van der Waals surface area contributed by atoms with Crippen LogP contribution < -0.4 is 5.32 Å². The smallest absolute Gasteiger partial charge is 0.0277 e. The van der Waals surface area contributed by atoms with E-state index in [1.165, 1.54) is 5.70 Å². The second-order valence-corrected chi connectivity index (χ2v) is 2.43. The van der Waals surface area contributed by atoms with E-state index in [0.29, 0.717) is 5.92 Å². The van der Waals surface area contributed by atoms with Gasteiger partial charge in [0.05, 0.1) is 0 Å². The van der Waals surface area contributed by atoms with E-state index in [1.807, 2.05) is 13.1 Å². The minimum absolute atomic E-state index is 0.544. The quantitative estimate of drug-likeness (QED) is 0.589. The molecular formula is C8H16N2. The molecule has 0 fully saturated rings. The maximum Gasteiger partial charge on any atom is 0.0277 e. The third kappa shape index (κ3) is 3.28. The highest BCUT2D eigenvalue weighted by Gasteiger charge is 1.96. The minimum atomic E-state index is 0.544. The topological polar surface area (TPSA) is 24.4 Å². The van der Waals surface area contributed by atoms with E-state index in [4.69, 9.17) is 0 Å². The van der Waals surface area contributed by atoms with Gasteiger partial charge in [0.25, 0.3) is 0 Å². The molecule has 0 aromatic heterocycles. The Morgan fingerprint density at radius 2 is 2.10 bits per heavy atom. The zero-order chi connectivity index (χ0) is 7.98. The summed E-state index contributed by atoms with van der Waals surface area (Å²) in [6.45, 7) is 4.29. The fraction of sp³-hybridized carbons (Fsp3) is 0.625. The summed E-state index contributed by atoms with van der Waals surface area (Å²) in [5.41, 5.74) is 1.21. The number of rotatable bonds is 3. The van der Waals surface area contributed by atoms with E-state index in [0.717, 1.165) is 0 Å². The summed E-state index contributed by atoms with van der Waals surface area (Å²) in [6, 6.07) is 0. The average molecular weight is 140 g/mol. The molecule has 10 heavy (non-hydrogen) atoms. The lowest BCUT2D eigenvalue weighted by Crippen LogP contribution is -2.11. The Labute approximate surface area is 63.0 Å². The molecule has 0 amide bonds. The van der Waals surface area contributed by atoms with Gasteiger partial charge >= 0.3 is 0 Å². The van der Waals surface area contributed by atoms with Crippen LogP contribution in [-0.4, -0.2) is 20.3 Å². The minimum Gasteiger partial charge on any atom is -0.391 e. The van der Waals surface area contributed by atoms with Gasteiger partial charge in [-0.25, -0.2) is 0 Å². The van der Waals surface area contributed by atoms with Gasteiger partial charge in [-0.1, -0.05) is 13.8 Å². The van der Waals surface area contributed by atoms with Crippen molar-refractivity contribution in [2.45, 2.75) is 13.8 Å². The molecule has 2 heteroatoms. The first kappa shape index (κ1) is 9.21. The van der Waals surface area contributed by atoms with Crippen molar-refractivity contribution in [3.05, 3.63) is 11.8 Å². The van der Waals surface area contributed by atoms with E-state index in [1.54, 1.807) is 13.3 Å². The zero-order valence-electron chi connectivity index (χ0n) is 7.18. The molecule has 0 aromatic carbocycles. The first-order valence-corrected chi connectivity index (χ1v) is 3.52. The summed E-state index contributed by atoms with van der Waals surface area (Å²) in [7, 11) is 3.69. The van der Waals surface area contributed by atoms with Crippen molar-refractivity contribution in [3.8, 4) is 0 Å². The van der Waals surface area contributed by atoms with Gasteiger partial charge in [0.1, 0.15) is 0 Å². The number of nitrogens with zero attached hydrogens (tertiary/aromatic N) is 1. The van der Waals surface area contributed by atoms with Gasteiger partial charge in [0, 0.05) is 26.0 Å².